The molecule has 0 aliphatic carbocycles. The highest BCUT2D eigenvalue weighted by Crippen LogP contribution is 2.35. The van der Waals surface area contributed by atoms with Gasteiger partial charge < -0.3 is 11.5 Å². The Bertz CT molecular complexity index is 1270. The van der Waals surface area contributed by atoms with Crippen molar-refractivity contribution < 1.29 is 0 Å². The Hall–Kier alpha value is -3.40. The van der Waals surface area contributed by atoms with Gasteiger partial charge >= 0.3 is 0 Å². The number of aromatic nitrogens is 2. The summed E-state index contributed by atoms with van der Waals surface area (Å²) in [5.41, 5.74) is 16.3. The second-order valence-corrected chi connectivity index (χ2v) is 5.95. The highest BCUT2D eigenvalue weighted by atomic mass is 14.8. The van der Waals surface area contributed by atoms with Crippen LogP contribution in [0.3, 0.4) is 0 Å². The maximum Gasteiger partial charge on any atom is 0.114 e. The van der Waals surface area contributed by atoms with E-state index in [4.69, 9.17) is 21.4 Å². The van der Waals surface area contributed by atoms with Crippen LogP contribution in [-0.2, 0) is 0 Å². The number of hydrogen-bond donors (Lipinski definition) is 2. The van der Waals surface area contributed by atoms with E-state index in [1.807, 2.05) is 30.3 Å². The third-order valence-corrected chi connectivity index (χ3v) is 4.56. The molecule has 0 atom stereocenters. The van der Waals surface area contributed by atoms with Gasteiger partial charge in [0.05, 0.1) is 27.9 Å². The Balaban J connectivity index is 2.14. The average molecular weight is 310 g/mol. The fourth-order valence-corrected chi connectivity index (χ4v) is 3.38. The summed E-state index contributed by atoms with van der Waals surface area (Å²) >= 11 is 0. The van der Waals surface area contributed by atoms with Gasteiger partial charge in [0.2, 0.25) is 0 Å². The van der Waals surface area contributed by atoms with E-state index in [1.165, 1.54) is 5.39 Å². The Morgan fingerprint density at radius 2 is 1.08 bits per heavy atom. The molecule has 0 aliphatic heterocycles. The zero-order chi connectivity index (χ0) is 16.3. The first kappa shape index (κ1) is 13.1. The molecule has 4 aromatic carbocycles. The standard InChI is InChI=1S/C20H14N4/c21-15-9-10-16-20(17(15)22)24-19-14-8-4-2-6-12(14)11-5-1-3-7-13(11)18(19)23-16/h1-10H,21-22H2. The molecular formula is C20H14N4. The van der Waals surface area contributed by atoms with E-state index in [-0.39, 0.29) is 0 Å². The molecule has 24 heavy (non-hydrogen) atoms. The van der Waals surface area contributed by atoms with E-state index >= 15 is 0 Å². The number of benzene rings is 4. The summed E-state index contributed by atoms with van der Waals surface area (Å²) in [4.78, 5) is 9.71. The highest BCUT2D eigenvalue weighted by Gasteiger charge is 2.13. The van der Waals surface area contributed by atoms with Gasteiger partial charge in [-0.05, 0) is 22.9 Å². The van der Waals surface area contributed by atoms with Crippen LogP contribution in [-0.4, -0.2) is 9.97 Å². The second kappa shape index (κ2) is 4.55. The average Bonchev–Trinajstić information content (AvgIpc) is 2.64. The maximum absolute atomic E-state index is 6.14. The molecule has 4 nitrogen and oxygen atoms in total. The van der Waals surface area contributed by atoms with Crippen molar-refractivity contribution in [2.24, 2.45) is 0 Å². The molecule has 0 bridgehead atoms. The lowest BCUT2D eigenvalue weighted by Gasteiger charge is -2.11. The first-order valence-electron chi connectivity index (χ1n) is 7.79. The van der Waals surface area contributed by atoms with Gasteiger partial charge in [0.15, 0.2) is 0 Å². The number of fused-ring (bicyclic) bond motifs is 7. The van der Waals surface area contributed by atoms with Crippen molar-refractivity contribution in [2.75, 3.05) is 11.5 Å². The van der Waals surface area contributed by atoms with Crippen LogP contribution in [0.15, 0.2) is 60.7 Å². The number of anilines is 2. The lowest BCUT2D eigenvalue weighted by atomic mass is 9.99. The van der Waals surface area contributed by atoms with Crippen molar-refractivity contribution in [1.29, 1.82) is 0 Å². The molecule has 0 amide bonds. The molecular weight excluding hydrogens is 296 g/mol. The van der Waals surface area contributed by atoms with E-state index < -0.39 is 0 Å². The van der Waals surface area contributed by atoms with Gasteiger partial charge in [0.25, 0.3) is 0 Å². The van der Waals surface area contributed by atoms with Crippen LogP contribution >= 0.6 is 0 Å². The summed E-state index contributed by atoms with van der Waals surface area (Å²) in [5, 5.41) is 4.51. The summed E-state index contributed by atoms with van der Waals surface area (Å²) in [7, 11) is 0. The topological polar surface area (TPSA) is 77.8 Å². The van der Waals surface area contributed by atoms with Gasteiger partial charge in [-0.25, -0.2) is 9.97 Å². The summed E-state index contributed by atoms with van der Waals surface area (Å²) < 4.78 is 0. The van der Waals surface area contributed by atoms with Crippen molar-refractivity contribution in [1.82, 2.24) is 9.97 Å². The Labute approximate surface area is 137 Å². The van der Waals surface area contributed by atoms with Gasteiger partial charge in [0, 0.05) is 10.8 Å². The van der Waals surface area contributed by atoms with E-state index in [0.717, 1.165) is 32.7 Å². The molecule has 4 heteroatoms. The molecule has 0 saturated carbocycles. The van der Waals surface area contributed by atoms with E-state index in [2.05, 4.69) is 24.3 Å². The number of nitrogens with zero attached hydrogens (tertiary/aromatic N) is 2. The Kier molecular flexibility index (Phi) is 2.48. The minimum atomic E-state index is 0.485. The van der Waals surface area contributed by atoms with Crippen LogP contribution in [0.5, 0.6) is 0 Å². The molecule has 0 radical (unpaired) electrons. The molecule has 0 saturated heterocycles. The van der Waals surface area contributed by atoms with Gasteiger partial charge in [-0.3, -0.25) is 0 Å². The van der Waals surface area contributed by atoms with Crippen molar-refractivity contribution in [3.8, 4) is 0 Å². The first-order chi connectivity index (χ1) is 11.7. The highest BCUT2D eigenvalue weighted by molar-refractivity contribution is 6.24. The summed E-state index contributed by atoms with van der Waals surface area (Å²) in [6.45, 7) is 0. The van der Waals surface area contributed by atoms with Crippen LogP contribution in [0.1, 0.15) is 0 Å². The van der Waals surface area contributed by atoms with E-state index in [0.29, 0.717) is 16.9 Å². The molecule has 0 unspecified atom stereocenters. The third kappa shape index (κ3) is 1.62. The summed E-state index contributed by atoms with van der Waals surface area (Å²) in [6, 6.07) is 20.2. The second-order valence-electron chi connectivity index (χ2n) is 5.95. The lowest BCUT2D eigenvalue weighted by molar-refractivity contribution is 1.42. The zero-order valence-corrected chi connectivity index (χ0v) is 12.8. The van der Waals surface area contributed by atoms with Gasteiger partial charge in [-0.1, -0.05) is 48.5 Å². The molecule has 1 heterocycles. The van der Waals surface area contributed by atoms with Crippen molar-refractivity contribution in [3.63, 3.8) is 0 Å². The monoisotopic (exact) mass is 310 g/mol. The van der Waals surface area contributed by atoms with Crippen LogP contribution in [0.2, 0.25) is 0 Å². The molecule has 114 valence electrons. The van der Waals surface area contributed by atoms with Crippen LogP contribution in [0.25, 0.3) is 43.6 Å². The minimum absolute atomic E-state index is 0.485. The van der Waals surface area contributed by atoms with Crippen LogP contribution in [0, 0.1) is 0 Å². The van der Waals surface area contributed by atoms with Crippen molar-refractivity contribution >= 4 is 55.0 Å². The Morgan fingerprint density at radius 1 is 0.542 bits per heavy atom. The zero-order valence-electron chi connectivity index (χ0n) is 12.8. The molecule has 5 aromatic rings. The van der Waals surface area contributed by atoms with E-state index in [1.54, 1.807) is 6.07 Å². The lowest BCUT2D eigenvalue weighted by Crippen LogP contribution is -1.99. The number of rotatable bonds is 0. The van der Waals surface area contributed by atoms with Gasteiger partial charge in [-0.15, -0.1) is 0 Å². The predicted molar refractivity (Wildman–Crippen MR) is 101 cm³/mol. The fourth-order valence-electron chi connectivity index (χ4n) is 3.38. The van der Waals surface area contributed by atoms with Crippen LogP contribution in [0.4, 0.5) is 11.4 Å². The number of nitrogen functional groups attached to an aromatic ring is 2. The van der Waals surface area contributed by atoms with Crippen LogP contribution < -0.4 is 11.5 Å². The smallest absolute Gasteiger partial charge is 0.114 e. The van der Waals surface area contributed by atoms with Crippen molar-refractivity contribution in [2.45, 2.75) is 0 Å². The fraction of sp³-hybridized carbons (Fsp3) is 0. The molecule has 0 spiro atoms. The number of hydrogen-bond acceptors (Lipinski definition) is 4. The number of nitrogens with two attached hydrogens (primary N) is 2. The van der Waals surface area contributed by atoms with Gasteiger partial charge in [-0.2, -0.15) is 0 Å². The SMILES string of the molecule is Nc1ccc2nc3c4ccccc4c4ccccc4c3nc2c1N. The normalized spacial score (nSPS) is 11.7. The largest absolute Gasteiger partial charge is 0.397 e. The molecule has 5 rings (SSSR count). The quantitative estimate of drug-likeness (QED) is 0.254. The molecule has 4 N–H and O–H groups in total. The summed E-state index contributed by atoms with van der Waals surface area (Å²) in [5.74, 6) is 0. The molecule has 1 aromatic heterocycles. The molecule has 0 fully saturated rings. The first-order valence-corrected chi connectivity index (χ1v) is 7.79. The van der Waals surface area contributed by atoms with E-state index in [9.17, 15) is 0 Å². The minimum Gasteiger partial charge on any atom is -0.397 e. The van der Waals surface area contributed by atoms with Gasteiger partial charge in [0.1, 0.15) is 5.52 Å². The van der Waals surface area contributed by atoms with Crippen molar-refractivity contribution in [3.05, 3.63) is 60.7 Å². The maximum atomic E-state index is 6.14. The third-order valence-electron chi connectivity index (χ3n) is 4.56. The molecule has 0 aliphatic rings. The Morgan fingerprint density at radius 3 is 1.71 bits per heavy atom. The predicted octanol–water partition coefficient (Wildman–Crippen LogP) is 4.25. The summed E-state index contributed by atoms with van der Waals surface area (Å²) in [6.07, 6.45) is 0.